The van der Waals surface area contributed by atoms with Gasteiger partial charge in [0.2, 0.25) is 0 Å². The van der Waals surface area contributed by atoms with Gasteiger partial charge in [-0.1, -0.05) is 355 Å². The molecule has 99 heavy (non-hydrogen) atoms. The van der Waals surface area contributed by atoms with Crippen LogP contribution in [0, 0.1) is 0 Å². The average Bonchev–Trinajstić information content (AvgIpc) is 1.64. The van der Waals surface area contributed by atoms with E-state index >= 15 is 0 Å². The number of ether oxygens (including phenoxy) is 2. The molecule has 558 valence electrons. The van der Waals surface area contributed by atoms with E-state index in [9.17, 15) is 19.0 Å². The molecule has 0 bridgehead atoms. The highest BCUT2D eigenvalue weighted by molar-refractivity contribution is 7.47. The number of unbranched alkanes of at least 4 members (excludes halogenated alkanes) is 25. The van der Waals surface area contributed by atoms with Gasteiger partial charge in [-0.25, -0.2) is 4.57 Å². The van der Waals surface area contributed by atoms with E-state index in [0.717, 1.165) is 148 Å². The van der Waals surface area contributed by atoms with Crippen molar-refractivity contribution < 1.29 is 37.6 Å². The molecule has 0 aliphatic heterocycles. The summed E-state index contributed by atoms with van der Waals surface area (Å²) < 4.78 is 33.2. The second-order valence-electron chi connectivity index (χ2n) is 25.5. The molecule has 0 aromatic carbocycles. The van der Waals surface area contributed by atoms with E-state index in [1.54, 1.807) is 0 Å². The highest BCUT2D eigenvalue weighted by Gasteiger charge is 2.26. The van der Waals surface area contributed by atoms with Crippen LogP contribution in [0.15, 0.2) is 207 Å². The summed E-state index contributed by atoms with van der Waals surface area (Å²) in [7, 11) is -4.42. The van der Waals surface area contributed by atoms with Crippen LogP contribution in [0.1, 0.15) is 309 Å². The molecule has 3 N–H and O–H groups in total. The normalized spacial score (nSPS) is 14.0. The molecule has 0 aromatic heterocycles. The topological polar surface area (TPSA) is 134 Å². The highest BCUT2D eigenvalue weighted by atomic mass is 31.2. The lowest BCUT2D eigenvalue weighted by Gasteiger charge is -2.19. The summed E-state index contributed by atoms with van der Waals surface area (Å²) >= 11 is 0. The van der Waals surface area contributed by atoms with E-state index in [2.05, 4.69) is 220 Å². The van der Waals surface area contributed by atoms with Crippen molar-refractivity contribution >= 4 is 19.8 Å². The first kappa shape index (κ1) is 93.6. The molecule has 0 saturated heterocycles. The minimum Gasteiger partial charge on any atom is -0.462 e. The summed E-state index contributed by atoms with van der Waals surface area (Å²) in [6.07, 6.45) is 125. The quantitative estimate of drug-likeness (QED) is 0.0264. The van der Waals surface area contributed by atoms with Crippen molar-refractivity contribution in [2.24, 2.45) is 5.73 Å². The second kappa shape index (κ2) is 81.6. The maximum absolute atomic E-state index is 12.8. The summed E-state index contributed by atoms with van der Waals surface area (Å²) in [6, 6.07) is 0. The third-order valence-electron chi connectivity index (χ3n) is 16.2. The zero-order valence-corrected chi connectivity index (χ0v) is 63.8. The Morgan fingerprint density at radius 1 is 0.303 bits per heavy atom. The van der Waals surface area contributed by atoms with Crippen LogP contribution in [0.2, 0.25) is 0 Å². The van der Waals surface area contributed by atoms with Crippen LogP contribution in [0.25, 0.3) is 0 Å². The molecule has 2 unspecified atom stereocenters. The van der Waals surface area contributed by atoms with Crippen LogP contribution < -0.4 is 5.73 Å². The van der Waals surface area contributed by atoms with Gasteiger partial charge in [-0.15, -0.1) is 0 Å². The molecule has 0 amide bonds. The number of nitrogens with two attached hydrogens (primary N) is 1. The molecule has 0 saturated carbocycles. The monoisotopic (exact) mass is 1390 g/mol. The van der Waals surface area contributed by atoms with Crippen molar-refractivity contribution in [3.8, 4) is 0 Å². The molecular weight excluding hydrogens is 1240 g/mol. The minimum atomic E-state index is -4.42. The van der Waals surface area contributed by atoms with Crippen LogP contribution >= 0.6 is 7.82 Å². The van der Waals surface area contributed by atoms with Gasteiger partial charge in [-0.2, -0.15) is 0 Å². The fourth-order valence-corrected chi connectivity index (χ4v) is 11.2. The van der Waals surface area contributed by atoms with E-state index < -0.39 is 32.5 Å². The molecule has 0 aliphatic carbocycles. The van der Waals surface area contributed by atoms with Gasteiger partial charge < -0.3 is 20.1 Å². The lowest BCUT2D eigenvalue weighted by Crippen LogP contribution is -2.29. The van der Waals surface area contributed by atoms with Crippen LogP contribution in [-0.2, 0) is 32.7 Å². The maximum atomic E-state index is 12.8. The number of esters is 2. The highest BCUT2D eigenvalue weighted by Crippen LogP contribution is 2.43. The maximum Gasteiger partial charge on any atom is 0.472 e. The van der Waals surface area contributed by atoms with Crippen molar-refractivity contribution in [1.29, 1.82) is 0 Å². The fraction of sp³-hybridized carbons (Fsp3) is 0.596. The molecule has 2 atom stereocenters. The zero-order chi connectivity index (χ0) is 71.5. The van der Waals surface area contributed by atoms with E-state index in [1.807, 2.05) is 0 Å². The third kappa shape index (κ3) is 81.4. The Hall–Kier alpha value is -5.41. The Bertz CT molecular complexity index is 2390. The summed E-state index contributed by atoms with van der Waals surface area (Å²) in [5.41, 5.74) is 5.41. The fourth-order valence-electron chi connectivity index (χ4n) is 10.4. The number of phosphoric acid groups is 1. The van der Waals surface area contributed by atoms with E-state index in [-0.39, 0.29) is 32.6 Å². The van der Waals surface area contributed by atoms with Crippen LogP contribution in [0.3, 0.4) is 0 Å². The molecular formula is C89H144NO8P. The van der Waals surface area contributed by atoms with Gasteiger partial charge in [0.15, 0.2) is 6.10 Å². The van der Waals surface area contributed by atoms with Crippen molar-refractivity contribution in [2.45, 2.75) is 315 Å². The molecule has 0 aliphatic rings. The van der Waals surface area contributed by atoms with Gasteiger partial charge in [0.05, 0.1) is 13.2 Å². The summed E-state index contributed by atoms with van der Waals surface area (Å²) in [5, 5.41) is 0. The van der Waals surface area contributed by atoms with Crippen molar-refractivity contribution in [2.75, 3.05) is 26.4 Å². The lowest BCUT2D eigenvalue weighted by atomic mass is 10.0. The summed E-state index contributed by atoms with van der Waals surface area (Å²) in [4.78, 5) is 35.4. The molecule has 0 fully saturated rings. The SMILES string of the molecule is CC/C=C\C/C=C\C/C=C\C/C=C\C/C=C\C/C=C\C/C=C\C/C=C\C/C=C\C/C=C\C/C=C\CCCCCC(=O)OC(COC(=O)CCCCCCCCCCCCCCCCCCCCCCCC/C=C\C/C=C\C/C=C\C/C=C\C/C=C\C/C=C\CC)COP(=O)(O)OCCN. The van der Waals surface area contributed by atoms with Gasteiger partial charge in [0.1, 0.15) is 6.61 Å². The number of rotatable bonds is 72. The summed E-state index contributed by atoms with van der Waals surface area (Å²) in [6.45, 7) is 3.48. The predicted octanol–water partition coefficient (Wildman–Crippen LogP) is 27.0. The molecule has 9 nitrogen and oxygen atoms in total. The lowest BCUT2D eigenvalue weighted by molar-refractivity contribution is -0.161. The first-order valence-electron chi connectivity index (χ1n) is 39.6. The Labute approximate surface area is 608 Å². The Balaban J connectivity index is 3.93. The van der Waals surface area contributed by atoms with E-state index in [1.165, 1.54) is 128 Å². The van der Waals surface area contributed by atoms with E-state index in [0.29, 0.717) is 6.42 Å². The molecule has 0 aromatic rings. The molecule has 0 radical (unpaired) electrons. The Kier molecular flexibility index (Phi) is 77.1. The van der Waals surface area contributed by atoms with Crippen LogP contribution in [0.4, 0.5) is 0 Å². The number of hydrogen-bond donors (Lipinski definition) is 2. The van der Waals surface area contributed by atoms with Gasteiger partial charge in [0, 0.05) is 19.4 Å². The number of allylic oxidation sites excluding steroid dienone is 34. The summed E-state index contributed by atoms with van der Waals surface area (Å²) in [5.74, 6) is -0.870. The Morgan fingerprint density at radius 2 is 0.525 bits per heavy atom. The first-order chi connectivity index (χ1) is 48.8. The first-order valence-corrected chi connectivity index (χ1v) is 41.1. The van der Waals surface area contributed by atoms with E-state index in [4.69, 9.17) is 24.3 Å². The van der Waals surface area contributed by atoms with Gasteiger partial charge >= 0.3 is 19.8 Å². The Morgan fingerprint density at radius 3 is 0.788 bits per heavy atom. The van der Waals surface area contributed by atoms with Crippen LogP contribution in [-0.4, -0.2) is 49.3 Å². The van der Waals surface area contributed by atoms with Crippen molar-refractivity contribution in [1.82, 2.24) is 0 Å². The molecule has 10 heteroatoms. The number of carbonyl (C=O) groups is 2. The zero-order valence-electron chi connectivity index (χ0n) is 62.9. The number of hydrogen-bond acceptors (Lipinski definition) is 8. The smallest absolute Gasteiger partial charge is 0.462 e. The number of phosphoric ester groups is 1. The van der Waals surface area contributed by atoms with Gasteiger partial charge in [-0.3, -0.25) is 18.6 Å². The van der Waals surface area contributed by atoms with Crippen molar-refractivity contribution in [3.63, 3.8) is 0 Å². The minimum absolute atomic E-state index is 0.0390. The van der Waals surface area contributed by atoms with Crippen LogP contribution in [0.5, 0.6) is 0 Å². The van der Waals surface area contributed by atoms with Gasteiger partial charge in [-0.05, 0) is 148 Å². The van der Waals surface area contributed by atoms with Gasteiger partial charge in [0.25, 0.3) is 0 Å². The molecule has 0 heterocycles. The molecule has 0 rings (SSSR count). The number of carbonyl (C=O) groups excluding carboxylic acids is 2. The standard InChI is InChI=1S/C89H144NO8P/c1-3-5-7-9-11-13-15-17-19-21-23-25-27-29-31-33-35-37-39-41-42-43-44-46-47-49-51-53-55-57-59-61-63-65-67-69-71-73-75-77-79-81-88(91)95-85-87(86-97-99(93,94)96-84-83-90)98-89(92)82-80-78-76-74-72-70-68-66-64-62-60-58-56-54-52-50-48-45-40-38-36-34-32-30-28-26-24-22-20-18-16-14-12-10-8-6-4-2/h5-8,11-14,17-20,23-26,29-32,35-38,45,48,52,54,58,60,64,66,70,72,87H,3-4,9-10,15-16,21-22,27-28,33-34,39-44,46-47,49-51,53,55-57,59,61-63,65,67-69,71,73-86,90H2,1-2H3,(H,93,94)/b7-5-,8-6-,13-11-,14-12-,19-17-,20-18-,25-23-,26-24-,31-29-,32-30-,37-35-,38-36-,48-45-,54-52-,60-58-,66-64-,72-70-. The second-order valence-corrected chi connectivity index (χ2v) is 26.9. The largest absolute Gasteiger partial charge is 0.472 e. The molecule has 0 spiro atoms. The average molecular weight is 1390 g/mol. The predicted molar refractivity (Wildman–Crippen MR) is 431 cm³/mol. The third-order valence-corrected chi connectivity index (χ3v) is 17.1. The van der Waals surface area contributed by atoms with Crippen molar-refractivity contribution in [3.05, 3.63) is 207 Å².